The number of hydrogen-bond acceptors (Lipinski definition) is 4. The van der Waals surface area contributed by atoms with E-state index in [1.807, 2.05) is 97.1 Å². The maximum Gasteiger partial charge on any atom is 0.268 e. The summed E-state index contributed by atoms with van der Waals surface area (Å²) in [6.45, 7) is 0. The summed E-state index contributed by atoms with van der Waals surface area (Å²) in [7, 11) is 0. The minimum Gasteiger partial charge on any atom is -0.496 e. The zero-order valence-electron chi connectivity index (χ0n) is 17.9. The Morgan fingerprint density at radius 1 is 0.735 bits per heavy atom. The molecule has 0 bridgehead atoms. The average molecular weight is 619 g/mol. The van der Waals surface area contributed by atoms with E-state index >= 15 is 0 Å². The number of pyridine rings is 2. The van der Waals surface area contributed by atoms with E-state index in [0.717, 1.165) is 27.5 Å². The van der Waals surface area contributed by atoms with Crippen LogP contribution >= 0.6 is 0 Å². The average Bonchev–Trinajstić information content (AvgIpc) is 2.89. The number of fused-ring (bicyclic) bond motifs is 2. The van der Waals surface area contributed by atoms with Gasteiger partial charge in [-0.3, -0.25) is 9.78 Å². The summed E-state index contributed by atoms with van der Waals surface area (Å²) in [6.07, 6.45) is 1.79. The van der Waals surface area contributed by atoms with E-state index in [0.29, 0.717) is 16.8 Å². The quantitative estimate of drug-likeness (QED) is 0.168. The summed E-state index contributed by atoms with van der Waals surface area (Å²) in [5.74, 6) is 0. The van der Waals surface area contributed by atoms with Crippen LogP contribution < -0.4 is 5.63 Å². The van der Waals surface area contributed by atoms with Crippen molar-refractivity contribution in [2.45, 2.75) is 0 Å². The van der Waals surface area contributed by atoms with E-state index in [-0.39, 0.29) is 20.1 Å². The van der Waals surface area contributed by atoms with Gasteiger partial charge in [-0.25, -0.2) is 0 Å². The van der Waals surface area contributed by atoms with Crippen LogP contribution in [0.25, 0.3) is 44.4 Å². The van der Waals surface area contributed by atoms with E-state index in [2.05, 4.69) is 22.1 Å². The Morgan fingerprint density at radius 2 is 1.53 bits per heavy atom. The third kappa shape index (κ3) is 5.17. The molecule has 1 radical (unpaired) electrons. The molecular weight excluding hydrogens is 601 g/mol. The second-order valence-corrected chi connectivity index (χ2v) is 7.27. The van der Waals surface area contributed by atoms with Gasteiger partial charge in [0.1, 0.15) is 0 Å². The van der Waals surface area contributed by atoms with Crippen LogP contribution in [0.5, 0.6) is 0 Å². The Balaban J connectivity index is 0.000000180. The zero-order chi connectivity index (χ0) is 22.5. The number of benzene rings is 3. The number of aromatic nitrogens is 2. The van der Waals surface area contributed by atoms with Gasteiger partial charge in [0.2, 0.25) is 0 Å². The van der Waals surface area contributed by atoms with Crippen LogP contribution in [0.15, 0.2) is 119 Å². The molecule has 0 aliphatic heterocycles. The van der Waals surface area contributed by atoms with Gasteiger partial charge in [0.25, 0.3) is 5.63 Å². The normalized spacial score (nSPS) is 10.2. The van der Waals surface area contributed by atoms with Crippen molar-refractivity contribution in [3.8, 4) is 22.5 Å². The van der Waals surface area contributed by atoms with Gasteiger partial charge in [-0.05, 0) is 28.8 Å². The monoisotopic (exact) mass is 619 g/mol. The van der Waals surface area contributed by atoms with Crippen LogP contribution in [0, 0.1) is 12.1 Å². The van der Waals surface area contributed by atoms with Crippen molar-refractivity contribution >= 4 is 21.9 Å². The summed E-state index contributed by atoms with van der Waals surface area (Å²) < 4.78 is 5.33. The second kappa shape index (κ2) is 10.8. The first-order chi connectivity index (χ1) is 16.3. The third-order valence-electron chi connectivity index (χ3n) is 5.06. The van der Waals surface area contributed by atoms with Crippen molar-refractivity contribution in [2.75, 3.05) is 0 Å². The molecule has 0 unspecified atom stereocenters. The van der Waals surface area contributed by atoms with Crippen molar-refractivity contribution in [2.24, 2.45) is 0 Å². The van der Waals surface area contributed by atoms with Crippen LogP contribution in [0.1, 0.15) is 0 Å². The van der Waals surface area contributed by atoms with Gasteiger partial charge in [-0.15, -0.1) is 48.0 Å². The summed E-state index contributed by atoms with van der Waals surface area (Å²) in [5.41, 5.74) is 3.91. The molecule has 0 amide bonds. The molecule has 3 heterocycles. The van der Waals surface area contributed by atoms with Gasteiger partial charge in [0.15, 0.2) is 0 Å². The first kappa shape index (κ1) is 23.2. The SMILES string of the molecule is O=c1oc2ccccc2[c-]c1-c1ccc2ccccc2n1.[Ir].[c-]1ccccc1-c1ccccn1. The third-order valence-corrected chi connectivity index (χ3v) is 5.06. The number of hydrogen-bond donors (Lipinski definition) is 0. The maximum atomic E-state index is 12.1. The van der Waals surface area contributed by atoms with Crippen molar-refractivity contribution in [3.63, 3.8) is 0 Å². The molecule has 0 saturated carbocycles. The molecule has 34 heavy (non-hydrogen) atoms. The smallest absolute Gasteiger partial charge is 0.268 e. The van der Waals surface area contributed by atoms with Crippen molar-refractivity contribution in [3.05, 3.63) is 132 Å². The predicted molar refractivity (Wildman–Crippen MR) is 131 cm³/mol. The fraction of sp³-hybridized carbons (Fsp3) is 0. The Bertz CT molecular complexity index is 1550. The largest absolute Gasteiger partial charge is 0.496 e. The molecule has 0 atom stereocenters. The Labute approximate surface area is 210 Å². The van der Waals surface area contributed by atoms with Gasteiger partial charge >= 0.3 is 0 Å². The van der Waals surface area contributed by atoms with Crippen LogP contribution in [0.4, 0.5) is 0 Å². The Hall–Kier alpha value is -3.92. The molecule has 6 aromatic rings. The van der Waals surface area contributed by atoms with Crippen molar-refractivity contribution < 1.29 is 24.5 Å². The minimum atomic E-state index is -0.420. The molecule has 0 fully saturated rings. The van der Waals surface area contributed by atoms with E-state index in [4.69, 9.17) is 4.42 Å². The fourth-order valence-electron chi connectivity index (χ4n) is 3.44. The molecule has 0 aliphatic carbocycles. The van der Waals surface area contributed by atoms with Crippen LogP contribution in [-0.4, -0.2) is 9.97 Å². The topological polar surface area (TPSA) is 56.0 Å². The van der Waals surface area contributed by atoms with Crippen LogP contribution in [0.2, 0.25) is 0 Å². The Kier molecular flexibility index (Phi) is 7.38. The van der Waals surface area contributed by atoms with Gasteiger partial charge in [-0.2, -0.15) is 0 Å². The molecule has 0 N–H and O–H groups in total. The summed E-state index contributed by atoms with van der Waals surface area (Å²) in [5, 5.41) is 1.80. The molecule has 0 aliphatic rings. The van der Waals surface area contributed by atoms with E-state index in [1.165, 1.54) is 0 Å². The first-order valence-electron chi connectivity index (χ1n) is 10.5. The second-order valence-electron chi connectivity index (χ2n) is 7.27. The molecule has 3 aromatic heterocycles. The first-order valence-corrected chi connectivity index (χ1v) is 10.5. The van der Waals surface area contributed by atoms with Crippen molar-refractivity contribution in [1.82, 2.24) is 9.97 Å². The van der Waals surface area contributed by atoms with Gasteiger partial charge in [-0.1, -0.05) is 66.0 Å². The standard InChI is InChI=1S/C18H10NO2.C11H8N.Ir/c20-18-14(11-13-6-2-4-8-17(13)21-18)16-10-9-12-5-1-3-7-15(12)19-16;1-2-6-10(7-3-1)11-8-4-5-9-12-11;/h1-10H;1-6,8-9H;/q2*-1;. The molecule has 0 spiro atoms. The fourth-order valence-corrected chi connectivity index (χ4v) is 3.44. The number of nitrogens with zero attached hydrogens (tertiary/aromatic N) is 2. The van der Waals surface area contributed by atoms with Crippen molar-refractivity contribution in [1.29, 1.82) is 0 Å². The Morgan fingerprint density at radius 3 is 2.35 bits per heavy atom. The van der Waals surface area contributed by atoms with Gasteiger partial charge in [0.05, 0.1) is 11.1 Å². The predicted octanol–water partition coefficient (Wildman–Crippen LogP) is 6.35. The van der Waals surface area contributed by atoms with Crippen LogP contribution in [-0.2, 0) is 20.1 Å². The molecule has 6 rings (SSSR count). The van der Waals surface area contributed by atoms with E-state index in [9.17, 15) is 4.79 Å². The summed E-state index contributed by atoms with van der Waals surface area (Å²) in [6, 6.07) is 38.8. The number of rotatable bonds is 2. The molecule has 4 nitrogen and oxygen atoms in total. The zero-order valence-corrected chi connectivity index (χ0v) is 20.3. The molecule has 0 saturated heterocycles. The van der Waals surface area contributed by atoms with Crippen LogP contribution in [0.3, 0.4) is 0 Å². The molecule has 3 aromatic carbocycles. The van der Waals surface area contributed by atoms with E-state index < -0.39 is 5.63 Å². The molecular formula is C29H18IrN2O2-2. The molecule has 167 valence electrons. The maximum absolute atomic E-state index is 12.1. The van der Waals surface area contributed by atoms with Gasteiger partial charge in [0, 0.05) is 32.0 Å². The summed E-state index contributed by atoms with van der Waals surface area (Å²) >= 11 is 0. The van der Waals surface area contributed by atoms with E-state index in [1.54, 1.807) is 12.3 Å². The summed E-state index contributed by atoms with van der Waals surface area (Å²) in [4.78, 5) is 20.9. The minimum absolute atomic E-state index is 0. The van der Waals surface area contributed by atoms with Gasteiger partial charge < -0.3 is 9.40 Å². The number of para-hydroxylation sites is 2. The molecule has 5 heteroatoms.